The summed E-state index contributed by atoms with van der Waals surface area (Å²) in [6, 6.07) is 3.13. The van der Waals surface area contributed by atoms with E-state index >= 15 is 0 Å². The van der Waals surface area contributed by atoms with Crippen LogP contribution in [0.15, 0.2) is 30.7 Å². The Kier molecular flexibility index (Phi) is 7.04. The number of amides is 2. The van der Waals surface area contributed by atoms with Crippen LogP contribution in [-0.2, 0) is 19.2 Å². The highest BCUT2D eigenvalue weighted by Gasteiger charge is 2.57. The van der Waals surface area contributed by atoms with Crippen LogP contribution >= 0.6 is 0 Å². The Labute approximate surface area is 178 Å². The Morgan fingerprint density at radius 1 is 1.16 bits per heavy atom. The van der Waals surface area contributed by atoms with Crippen molar-refractivity contribution in [1.82, 2.24) is 25.2 Å². The fraction of sp³-hybridized carbons (Fsp3) is 0.550. The van der Waals surface area contributed by atoms with Crippen molar-refractivity contribution in [1.29, 1.82) is 0 Å². The minimum Gasteiger partial charge on any atom is -0.374 e. The normalized spacial score (nSPS) is 16.6. The van der Waals surface area contributed by atoms with Crippen LogP contribution in [0.3, 0.4) is 0 Å². The third kappa shape index (κ3) is 5.46. The molecule has 1 atom stereocenters. The van der Waals surface area contributed by atoms with Crippen LogP contribution in [0.4, 0.5) is 23.8 Å². The summed E-state index contributed by atoms with van der Waals surface area (Å²) in [6.07, 6.45) is 1.99. The lowest BCUT2D eigenvalue weighted by atomic mass is 9.97. The molecule has 0 bridgehead atoms. The molecule has 2 aromatic rings. The van der Waals surface area contributed by atoms with Crippen molar-refractivity contribution in [3.8, 4) is 0 Å². The van der Waals surface area contributed by atoms with Crippen molar-refractivity contribution in [2.45, 2.75) is 44.0 Å². The van der Waals surface area contributed by atoms with Gasteiger partial charge in [-0.15, -0.1) is 0 Å². The molecule has 3 rings (SSSR count). The molecule has 1 saturated heterocycles. The van der Waals surface area contributed by atoms with E-state index in [0.717, 1.165) is 41.9 Å². The van der Waals surface area contributed by atoms with Crippen molar-refractivity contribution < 1.29 is 23.1 Å². The number of nitrogens with one attached hydrogen (secondary N) is 2. The standard InChI is InChI=1S/C20H27F3N6O2/c1-28-12-9-24-17(28)19(31,20(21,22)23)7-8-25-18(30)27-14-15-5-6-16(26-13-15)29-10-3-2-4-11-29/h5-6,9,12-13,31H,2-4,7-8,10-11,14H2,1H3,(H2,25,27,30). The fourth-order valence-corrected chi connectivity index (χ4v) is 3.58. The number of carbonyl (C=O) groups is 1. The SMILES string of the molecule is Cn1ccnc1C(O)(CCNC(=O)NCc1ccc(N2CCCCC2)nc1)C(F)(F)F. The number of anilines is 1. The summed E-state index contributed by atoms with van der Waals surface area (Å²) in [5.74, 6) is 0.371. The third-order valence-corrected chi connectivity index (χ3v) is 5.37. The van der Waals surface area contributed by atoms with Gasteiger partial charge in [0.2, 0.25) is 5.60 Å². The summed E-state index contributed by atoms with van der Waals surface area (Å²) >= 11 is 0. The topological polar surface area (TPSA) is 95.3 Å². The maximum Gasteiger partial charge on any atom is 0.424 e. The monoisotopic (exact) mass is 440 g/mol. The van der Waals surface area contributed by atoms with Crippen LogP contribution in [0.25, 0.3) is 0 Å². The number of piperidine rings is 1. The van der Waals surface area contributed by atoms with Crippen LogP contribution in [0.5, 0.6) is 0 Å². The number of aromatic nitrogens is 3. The number of hydrogen-bond donors (Lipinski definition) is 3. The molecule has 1 aliphatic rings. The van der Waals surface area contributed by atoms with Gasteiger partial charge in [-0.2, -0.15) is 13.2 Å². The molecule has 0 aliphatic carbocycles. The number of nitrogens with zero attached hydrogens (tertiary/aromatic N) is 4. The molecule has 2 amide bonds. The molecular formula is C20H27F3N6O2. The number of halogens is 3. The first kappa shape index (κ1) is 22.9. The average molecular weight is 440 g/mol. The summed E-state index contributed by atoms with van der Waals surface area (Å²) in [6.45, 7) is 1.76. The molecule has 1 fully saturated rings. The van der Waals surface area contributed by atoms with Gasteiger partial charge in [0.15, 0.2) is 0 Å². The van der Waals surface area contributed by atoms with Gasteiger partial charge in [-0.3, -0.25) is 0 Å². The predicted molar refractivity (Wildman–Crippen MR) is 108 cm³/mol. The maximum atomic E-state index is 13.5. The molecule has 0 saturated carbocycles. The van der Waals surface area contributed by atoms with Crippen LogP contribution in [-0.4, -0.2) is 51.5 Å². The first-order chi connectivity index (χ1) is 14.7. The van der Waals surface area contributed by atoms with Crippen LogP contribution in [0, 0.1) is 0 Å². The molecule has 0 spiro atoms. The summed E-state index contributed by atoms with van der Waals surface area (Å²) in [4.78, 5) is 22.3. The second-order valence-corrected chi connectivity index (χ2v) is 7.65. The highest BCUT2D eigenvalue weighted by molar-refractivity contribution is 5.73. The van der Waals surface area contributed by atoms with Crippen molar-refractivity contribution in [3.05, 3.63) is 42.1 Å². The number of carbonyl (C=O) groups excluding carboxylic acids is 1. The Morgan fingerprint density at radius 2 is 1.90 bits per heavy atom. The number of hydrogen-bond acceptors (Lipinski definition) is 5. The van der Waals surface area contributed by atoms with Gasteiger partial charge in [-0.1, -0.05) is 6.07 Å². The van der Waals surface area contributed by atoms with Gasteiger partial charge in [-0.25, -0.2) is 14.8 Å². The van der Waals surface area contributed by atoms with Gasteiger partial charge >= 0.3 is 12.2 Å². The molecule has 170 valence electrons. The number of imidazole rings is 1. The van der Waals surface area contributed by atoms with Crippen LogP contribution in [0.1, 0.15) is 37.1 Å². The highest BCUT2D eigenvalue weighted by atomic mass is 19.4. The van der Waals surface area contributed by atoms with E-state index in [9.17, 15) is 23.1 Å². The molecule has 0 aromatic carbocycles. The second-order valence-electron chi connectivity index (χ2n) is 7.65. The van der Waals surface area contributed by atoms with Gasteiger partial charge in [0.25, 0.3) is 0 Å². The minimum atomic E-state index is -4.94. The zero-order chi connectivity index (χ0) is 22.5. The Bertz CT molecular complexity index is 865. The first-order valence-corrected chi connectivity index (χ1v) is 10.2. The molecule has 3 N–H and O–H groups in total. The Balaban J connectivity index is 1.48. The molecule has 8 nitrogen and oxygen atoms in total. The fourth-order valence-electron chi connectivity index (χ4n) is 3.58. The maximum absolute atomic E-state index is 13.5. The van der Waals surface area contributed by atoms with Gasteiger partial charge < -0.3 is 25.2 Å². The summed E-state index contributed by atoms with van der Waals surface area (Å²) in [7, 11) is 1.36. The smallest absolute Gasteiger partial charge is 0.374 e. The Morgan fingerprint density at radius 3 is 2.48 bits per heavy atom. The van der Waals surface area contributed by atoms with Gasteiger partial charge in [0, 0.05) is 58.2 Å². The van der Waals surface area contributed by atoms with E-state index in [1.165, 1.54) is 25.9 Å². The molecule has 2 aromatic heterocycles. The van der Waals surface area contributed by atoms with E-state index in [0.29, 0.717) is 0 Å². The van der Waals surface area contributed by atoms with Crippen LogP contribution in [0.2, 0.25) is 0 Å². The van der Waals surface area contributed by atoms with Gasteiger partial charge in [0.05, 0.1) is 0 Å². The van der Waals surface area contributed by atoms with E-state index in [1.54, 1.807) is 6.20 Å². The van der Waals surface area contributed by atoms with Crippen molar-refractivity contribution in [2.24, 2.45) is 7.05 Å². The number of pyridine rings is 1. The van der Waals surface area contributed by atoms with Gasteiger partial charge in [0.1, 0.15) is 11.6 Å². The third-order valence-electron chi connectivity index (χ3n) is 5.37. The van der Waals surface area contributed by atoms with Crippen molar-refractivity contribution in [3.63, 3.8) is 0 Å². The second kappa shape index (κ2) is 9.54. The quantitative estimate of drug-likeness (QED) is 0.615. The number of urea groups is 1. The van der Waals surface area contributed by atoms with Gasteiger partial charge in [-0.05, 0) is 30.9 Å². The van der Waals surface area contributed by atoms with E-state index in [1.807, 2.05) is 12.1 Å². The summed E-state index contributed by atoms with van der Waals surface area (Å²) in [5, 5.41) is 15.2. The first-order valence-electron chi connectivity index (χ1n) is 10.2. The van der Waals surface area contributed by atoms with E-state index in [2.05, 4.69) is 25.5 Å². The van der Waals surface area contributed by atoms with Crippen LogP contribution < -0.4 is 15.5 Å². The lowest BCUT2D eigenvalue weighted by Gasteiger charge is -2.30. The summed E-state index contributed by atoms with van der Waals surface area (Å²) < 4.78 is 41.5. The number of aryl methyl sites for hydroxylation is 1. The van der Waals surface area contributed by atoms with E-state index in [4.69, 9.17) is 0 Å². The minimum absolute atomic E-state index is 0.183. The van der Waals surface area contributed by atoms with Crippen molar-refractivity contribution >= 4 is 11.8 Å². The lowest BCUT2D eigenvalue weighted by Crippen LogP contribution is -2.47. The molecule has 11 heteroatoms. The Hall–Kier alpha value is -2.82. The zero-order valence-electron chi connectivity index (χ0n) is 17.3. The zero-order valence-corrected chi connectivity index (χ0v) is 17.3. The largest absolute Gasteiger partial charge is 0.424 e. The molecule has 3 heterocycles. The molecule has 1 unspecified atom stereocenters. The number of rotatable bonds is 7. The summed E-state index contributed by atoms with van der Waals surface area (Å²) in [5.41, 5.74) is -2.39. The van der Waals surface area contributed by atoms with E-state index < -0.39 is 30.1 Å². The average Bonchev–Trinajstić information content (AvgIpc) is 3.19. The number of alkyl halides is 3. The molecule has 31 heavy (non-hydrogen) atoms. The van der Waals surface area contributed by atoms with E-state index in [-0.39, 0.29) is 13.1 Å². The lowest BCUT2D eigenvalue weighted by molar-refractivity contribution is -0.272. The highest BCUT2D eigenvalue weighted by Crippen LogP contribution is 2.40. The number of aliphatic hydroxyl groups is 1. The molecule has 0 radical (unpaired) electrons. The van der Waals surface area contributed by atoms with Crippen molar-refractivity contribution in [2.75, 3.05) is 24.5 Å². The predicted octanol–water partition coefficient (Wildman–Crippen LogP) is 2.44. The molecule has 1 aliphatic heterocycles. The molecular weight excluding hydrogens is 413 g/mol.